The zero-order valence-corrected chi connectivity index (χ0v) is 9.15. The topological polar surface area (TPSA) is 29.0 Å². The quantitative estimate of drug-likeness (QED) is 0.702. The van der Waals surface area contributed by atoms with Crippen LogP contribution in [0.3, 0.4) is 0 Å². The molecule has 3 nitrogen and oxygen atoms in total. The summed E-state index contributed by atoms with van der Waals surface area (Å²) in [6.45, 7) is 3.29. The minimum absolute atomic E-state index is 0.0261. The first-order chi connectivity index (χ1) is 7.16. The van der Waals surface area contributed by atoms with E-state index >= 15 is 0 Å². The van der Waals surface area contributed by atoms with Crippen molar-refractivity contribution >= 4 is 0 Å². The van der Waals surface area contributed by atoms with Crippen LogP contribution in [0, 0.1) is 6.92 Å². The van der Waals surface area contributed by atoms with E-state index in [1.54, 1.807) is 12.4 Å². The molecule has 0 N–H and O–H groups in total. The van der Waals surface area contributed by atoms with E-state index in [2.05, 4.69) is 9.97 Å². The number of hydrogen-bond acceptors (Lipinski definition) is 3. The highest BCUT2D eigenvalue weighted by molar-refractivity contribution is 5.15. The normalized spacial score (nSPS) is 27.9. The number of rotatable bonds is 1. The molecule has 0 unspecified atom stereocenters. The molecule has 1 aromatic rings. The van der Waals surface area contributed by atoms with Crippen LogP contribution in [-0.4, -0.2) is 41.2 Å². The standard InChI is InChI=1S/C11H16FN3/c1-8-13-5-9(6-14-8)10-3-4-15(2)7-11(10)12/h5-6,10-11H,3-4,7H2,1-2H3/t10-,11+/m0/s1. The van der Waals surface area contributed by atoms with Crippen LogP contribution in [0.5, 0.6) is 0 Å². The van der Waals surface area contributed by atoms with Gasteiger partial charge in [0, 0.05) is 24.9 Å². The van der Waals surface area contributed by atoms with Crippen LogP contribution in [0.4, 0.5) is 4.39 Å². The predicted octanol–water partition coefficient (Wildman–Crippen LogP) is 1.54. The van der Waals surface area contributed by atoms with Crippen LogP contribution in [-0.2, 0) is 0 Å². The molecule has 0 aliphatic carbocycles. The molecular weight excluding hydrogens is 193 g/mol. The zero-order chi connectivity index (χ0) is 10.8. The van der Waals surface area contributed by atoms with Gasteiger partial charge in [0.25, 0.3) is 0 Å². The van der Waals surface area contributed by atoms with E-state index in [0.717, 1.165) is 24.4 Å². The van der Waals surface area contributed by atoms with Crippen molar-refractivity contribution in [2.45, 2.75) is 25.4 Å². The number of likely N-dealkylation sites (tertiary alicyclic amines) is 1. The highest BCUT2D eigenvalue weighted by Crippen LogP contribution is 2.28. The van der Waals surface area contributed by atoms with E-state index < -0.39 is 6.17 Å². The summed E-state index contributed by atoms with van der Waals surface area (Å²) < 4.78 is 13.8. The van der Waals surface area contributed by atoms with Crippen molar-refractivity contribution < 1.29 is 4.39 Å². The van der Waals surface area contributed by atoms with Gasteiger partial charge in [-0.2, -0.15) is 0 Å². The Morgan fingerprint density at radius 2 is 2.07 bits per heavy atom. The molecule has 1 fully saturated rings. The molecule has 1 aromatic heterocycles. The van der Waals surface area contributed by atoms with E-state index in [0.29, 0.717) is 6.54 Å². The Balaban J connectivity index is 2.13. The molecule has 0 bridgehead atoms. The smallest absolute Gasteiger partial charge is 0.125 e. The third kappa shape index (κ3) is 2.31. The first-order valence-electron chi connectivity index (χ1n) is 5.28. The summed E-state index contributed by atoms with van der Waals surface area (Å²) in [5.41, 5.74) is 0.932. The van der Waals surface area contributed by atoms with Crippen molar-refractivity contribution in [1.82, 2.24) is 14.9 Å². The van der Waals surface area contributed by atoms with Crippen molar-refractivity contribution in [3.63, 3.8) is 0 Å². The monoisotopic (exact) mass is 209 g/mol. The third-order valence-electron chi connectivity index (χ3n) is 2.97. The maximum absolute atomic E-state index is 13.8. The fourth-order valence-electron chi connectivity index (χ4n) is 2.03. The summed E-state index contributed by atoms with van der Waals surface area (Å²) in [6.07, 6.45) is 3.56. The summed E-state index contributed by atoms with van der Waals surface area (Å²) in [7, 11) is 1.95. The van der Waals surface area contributed by atoms with Gasteiger partial charge >= 0.3 is 0 Å². The molecule has 15 heavy (non-hydrogen) atoms. The van der Waals surface area contributed by atoms with Crippen molar-refractivity contribution in [2.24, 2.45) is 0 Å². The van der Waals surface area contributed by atoms with Gasteiger partial charge in [0.2, 0.25) is 0 Å². The lowest BCUT2D eigenvalue weighted by molar-refractivity contribution is 0.139. The summed E-state index contributed by atoms with van der Waals surface area (Å²) in [6, 6.07) is 0. The Kier molecular flexibility index (Phi) is 2.95. The predicted molar refractivity (Wildman–Crippen MR) is 56.5 cm³/mol. The Morgan fingerprint density at radius 1 is 1.40 bits per heavy atom. The molecule has 1 aliphatic rings. The fraction of sp³-hybridized carbons (Fsp3) is 0.636. The van der Waals surface area contributed by atoms with Gasteiger partial charge in [-0.3, -0.25) is 0 Å². The van der Waals surface area contributed by atoms with Gasteiger partial charge < -0.3 is 4.90 Å². The molecule has 0 saturated carbocycles. The molecule has 1 saturated heterocycles. The van der Waals surface area contributed by atoms with Crippen LogP contribution in [0.25, 0.3) is 0 Å². The van der Waals surface area contributed by atoms with E-state index in [1.165, 1.54) is 0 Å². The lowest BCUT2D eigenvalue weighted by atomic mass is 9.90. The Bertz CT molecular complexity index is 325. The molecule has 2 atom stereocenters. The first kappa shape index (κ1) is 10.5. The average molecular weight is 209 g/mol. The van der Waals surface area contributed by atoms with Crippen molar-refractivity contribution in [3.8, 4) is 0 Å². The fourth-order valence-corrected chi connectivity index (χ4v) is 2.03. The molecule has 0 radical (unpaired) electrons. The molecular formula is C11H16FN3. The summed E-state index contributed by atoms with van der Waals surface area (Å²) in [5.74, 6) is 0.712. The minimum atomic E-state index is -0.796. The highest BCUT2D eigenvalue weighted by Gasteiger charge is 2.29. The van der Waals surface area contributed by atoms with Gasteiger partial charge in [-0.15, -0.1) is 0 Å². The summed E-state index contributed by atoms with van der Waals surface area (Å²) in [4.78, 5) is 10.3. The van der Waals surface area contributed by atoms with Crippen molar-refractivity contribution in [1.29, 1.82) is 0 Å². The lowest BCUT2D eigenvalue weighted by Gasteiger charge is -2.32. The van der Waals surface area contributed by atoms with Gasteiger partial charge in [-0.05, 0) is 32.5 Å². The lowest BCUT2D eigenvalue weighted by Crippen LogP contribution is -2.38. The number of aromatic nitrogens is 2. The average Bonchev–Trinajstić information content (AvgIpc) is 2.20. The second-order valence-electron chi connectivity index (χ2n) is 4.24. The zero-order valence-electron chi connectivity index (χ0n) is 9.15. The summed E-state index contributed by atoms with van der Waals surface area (Å²) in [5, 5.41) is 0. The number of aryl methyl sites for hydroxylation is 1. The number of piperidine rings is 1. The molecule has 1 aliphatic heterocycles. The molecule has 0 amide bonds. The Morgan fingerprint density at radius 3 is 2.67 bits per heavy atom. The van der Waals surface area contributed by atoms with Crippen LogP contribution in [0.2, 0.25) is 0 Å². The maximum atomic E-state index is 13.8. The minimum Gasteiger partial charge on any atom is -0.303 e. The summed E-state index contributed by atoms with van der Waals surface area (Å²) >= 11 is 0. The molecule has 4 heteroatoms. The van der Waals surface area contributed by atoms with Gasteiger partial charge in [0.15, 0.2) is 0 Å². The van der Waals surface area contributed by atoms with E-state index in [9.17, 15) is 4.39 Å². The van der Waals surface area contributed by atoms with Crippen LogP contribution in [0.1, 0.15) is 23.7 Å². The van der Waals surface area contributed by atoms with Crippen LogP contribution < -0.4 is 0 Å². The van der Waals surface area contributed by atoms with Gasteiger partial charge in [-0.25, -0.2) is 14.4 Å². The van der Waals surface area contributed by atoms with Crippen LogP contribution >= 0.6 is 0 Å². The maximum Gasteiger partial charge on any atom is 0.125 e. The number of alkyl halides is 1. The van der Waals surface area contributed by atoms with Crippen molar-refractivity contribution in [3.05, 3.63) is 23.8 Å². The largest absolute Gasteiger partial charge is 0.303 e. The van der Waals surface area contributed by atoms with Gasteiger partial charge in [0.1, 0.15) is 12.0 Å². The third-order valence-corrected chi connectivity index (χ3v) is 2.97. The molecule has 2 heterocycles. The highest BCUT2D eigenvalue weighted by atomic mass is 19.1. The Labute approximate surface area is 89.3 Å². The SMILES string of the molecule is Cc1ncc([C@@H]2CCN(C)C[C@H]2F)cn1. The van der Waals surface area contributed by atoms with Crippen molar-refractivity contribution in [2.75, 3.05) is 20.1 Å². The number of halogens is 1. The number of hydrogen-bond donors (Lipinski definition) is 0. The second kappa shape index (κ2) is 4.23. The molecule has 0 aromatic carbocycles. The van der Waals surface area contributed by atoms with E-state index in [1.807, 2.05) is 18.9 Å². The van der Waals surface area contributed by atoms with Gasteiger partial charge in [0.05, 0.1) is 0 Å². The molecule has 2 rings (SSSR count). The van der Waals surface area contributed by atoms with Gasteiger partial charge in [-0.1, -0.05) is 0 Å². The van der Waals surface area contributed by atoms with E-state index in [-0.39, 0.29) is 5.92 Å². The second-order valence-corrected chi connectivity index (χ2v) is 4.24. The van der Waals surface area contributed by atoms with E-state index in [4.69, 9.17) is 0 Å². The number of nitrogens with zero attached hydrogens (tertiary/aromatic N) is 3. The molecule has 0 spiro atoms. The first-order valence-corrected chi connectivity index (χ1v) is 5.28. The van der Waals surface area contributed by atoms with Crippen LogP contribution in [0.15, 0.2) is 12.4 Å². The Hall–Kier alpha value is -1.03. The molecule has 82 valence electrons.